The highest BCUT2D eigenvalue weighted by Crippen LogP contribution is 2.27. The van der Waals surface area contributed by atoms with Gasteiger partial charge in [0.05, 0.1) is 13.7 Å². The van der Waals surface area contributed by atoms with E-state index in [4.69, 9.17) is 32.7 Å². The standard InChI is InChI=1S/C25H32Cl2N2O4/c1-17(24(31)28-25(2,3)4)29(16-20-21(26)8-6-9-22(20)27)23(30)10-7-15-33-19-13-11-18(32-5)12-14-19/h6,8-9,11-14,17H,7,10,15-16H2,1-5H3,(H,28,31). The molecule has 0 spiro atoms. The van der Waals surface area contributed by atoms with E-state index in [1.54, 1.807) is 32.2 Å². The first kappa shape index (κ1) is 26.8. The highest BCUT2D eigenvalue weighted by Gasteiger charge is 2.29. The van der Waals surface area contributed by atoms with Gasteiger partial charge in [0.25, 0.3) is 0 Å². The van der Waals surface area contributed by atoms with E-state index in [0.717, 1.165) is 5.75 Å². The predicted octanol–water partition coefficient (Wildman–Crippen LogP) is 5.49. The average molecular weight is 495 g/mol. The molecule has 2 rings (SSSR count). The lowest BCUT2D eigenvalue weighted by Gasteiger charge is -2.32. The van der Waals surface area contributed by atoms with E-state index in [9.17, 15) is 9.59 Å². The van der Waals surface area contributed by atoms with Gasteiger partial charge >= 0.3 is 0 Å². The molecule has 0 bridgehead atoms. The van der Waals surface area contributed by atoms with Crippen molar-refractivity contribution in [1.82, 2.24) is 10.2 Å². The van der Waals surface area contributed by atoms with Gasteiger partial charge in [-0.1, -0.05) is 29.3 Å². The molecule has 0 aliphatic heterocycles. The SMILES string of the molecule is COc1ccc(OCCCC(=O)N(Cc2c(Cl)cccc2Cl)C(C)C(=O)NC(C)(C)C)cc1. The molecule has 0 aliphatic carbocycles. The first-order valence-electron chi connectivity index (χ1n) is 10.8. The van der Waals surface area contributed by atoms with E-state index in [-0.39, 0.29) is 24.8 Å². The minimum atomic E-state index is -0.702. The Bertz CT molecular complexity index is 922. The minimum Gasteiger partial charge on any atom is -0.497 e. The van der Waals surface area contributed by atoms with Crippen LogP contribution in [0.4, 0.5) is 0 Å². The number of nitrogens with one attached hydrogen (secondary N) is 1. The van der Waals surface area contributed by atoms with Crippen molar-refractivity contribution in [2.45, 2.75) is 58.7 Å². The van der Waals surface area contributed by atoms with Gasteiger partial charge in [0.2, 0.25) is 11.8 Å². The van der Waals surface area contributed by atoms with Gasteiger partial charge in [-0.25, -0.2) is 0 Å². The summed E-state index contributed by atoms with van der Waals surface area (Å²) in [4.78, 5) is 27.5. The summed E-state index contributed by atoms with van der Waals surface area (Å²) < 4.78 is 10.9. The van der Waals surface area contributed by atoms with Crippen LogP contribution in [0.3, 0.4) is 0 Å². The Labute approximate surface area is 206 Å². The summed E-state index contributed by atoms with van der Waals surface area (Å²) >= 11 is 12.7. The van der Waals surface area contributed by atoms with Gasteiger partial charge in [-0.15, -0.1) is 0 Å². The van der Waals surface area contributed by atoms with Crippen LogP contribution in [0.1, 0.15) is 46.1 Å². The fourth-order valence-electron chi connectivity index (χ4n) is 3.14. The number of halogens is 2. The number of ether oxygens (including phenoxy) is 2. The van der Waals surface area contributed by atoms with E-state index in [1.165, 1.54) is 4.90 Å². The zero-order valence-corrected chi connectivity index (χ0v) is 21.3. The first-order valence-corrected chi connectivity index (χ1v) is 11.6. The van der Waals surface area contributed by atoms with Gasteiger partial charge < -0.3 is 19.7 Å². The number of amides is 2. The molecule has 0 aliphatic rings. The quantitative estimate of drug-likeness (QED) is 0.443. The summed E-state index contributed by atoms with van der Waals surface area (Å²) in [5.74, 6) is 1.02. The number of nitrogens with zero attached hydrogens (tertiary/aromatic N) is 1. The lowest BCUT2D eigenvalue weighted by Crippen LogP contribution is -2.52. The van der Waals surface area contributed by atoms with Crippen molar-refractivity contribution < 1.29 is 19.1 Å². The summed E-state index contributed by atoms with van der Waals surface area (Å²) in [6.07, 6.45) is 0.705. The van der Waals surface area contributed by atoms with Crippen LogP contribution in [0.15, 0.2) is 42.5 Å². The maximum atomic E-state index is 13.2. The highest BCUT2D eigenvalue weighted by molar-refractivity contribution is 6.36. The molecule has 8 heteroatoms. The molecule has 0 saturated heterocycles. The van der Waals surface area contributed by atoms with Crippen LogP contribution < -0.4 is 14.8 Å². The Morgan fingerprint density at radius 3 is 2.15 bits per heavy atom. The van der Waals surface area contributed by atoms with Gasteiger partial charge in [0.1, 0.15) is 17.5 Å². The smallest absolute Gasteiger partial charge is 0.242 e. The van der Waals surface area contributed by atoms with Crippen molar-refractivity contribution in [3.8, 4) is 11.5 Å². The third-order valence-corrected chi connectivity index (χ3v) is 5.63. The number of methoxy groups -OCH3 is 1. The molecule has 1 N–H and O–H groups in total. The largest absolute Gasteiger partial charge is 0.497 e. The number of rotatable bonds is 10. The van der Waals surface area contributed by atoms with Crippen LogP contribution in [-0.2, 0) is 16.1 Å². The van der Waals surface area contributed by atoms with E-state index >= 15 is 0 Å². The number of carbonyl (C=O) groups is 2. The van der Waals surface area contributed by atoms with E-state index in [0.29, 0.717) is 34.4 Å². The maximum absolute atomic E-state index is 13.2. The third kappa shape index (κ3) is 8.45. The molecule has 2 aromatic carbocycles. The molecule has 0 saturated carbocycles. The fourth-order valence-corrected chi connectivity index (χ4v) is 3.66. The lowest BCUT2D eigenvalue weighted by atomic mass is 10.1. The molecule has 6 nitrogen and oxygen atoms in total. The zero-order chi connectivity index (χ0) is 24.6. The average Bonchev–Trinajstić information content (AvgIpc) is 2.75. The van der Waals surface area contributed by atoms with Gasteiger partial charge in [-0.2, -0.15) is 0 Å². The Balaban J connectivity index is 2.07. The van der Waals surface area contributed by atoms with Crippen molar-refractivity contribution in [3.63, 3.8) is 0 Å². The summed E-state index contributed by atoms with van der Waals surface area (Å²) in [5, 5.41) is 3.83. The monoisotopic (exact) mass is 494 g/mol. The van der Waals surface area contributed by atoms with E-state index in [1.807, 2.05) is 45.0 Å². The lowest BCUT2D eigenvalue weighted by molar-refractivity contribution is -0.141. The van der Waals surface area contributed by atoms with E-state index in [2.05, 4.69) is 5.32 Å². The van der Waals surface area contributed by atoms with Gasteiger partial charge in [0.15, 0.2) is 0 Å². The molecule has 0 aromatic heterocycles. The molecule has 180 valence electrons. The number of benzene rings is 2. The predicted molar refractivity (Wildman–Crippen MR) is 132 cm³/mol. The molecule has 1 atom stereocenters. The molecule has 0 radical (unpaired) electrons. The molecular weight excluding hydrogens is 463 g/mol. The van der Waals surface area contributed by atoms with Crippen molar-refractivity contribution in [2.24, 2.45) is 0 Å². The summed E-state index contributed by atoms with van der Waals surface area (Å²) in [6.45, 7) is 7.88. The normalized spacial score (nSPS) is 12.1. The summed E-state index contributed by atoms with van der Waals surface area (Å²) in [7, 11) is 1.60. The van der Waals surface area contributed by atoms with Crippen LogP contribution in [0, 0.1) is 0 Å². The van der Waals surface area contributed by atoms with Crippen LogP contribution in [0.25, 0.3) is 0 Å². The van der Waals surface area contributed by atoms with Crippen molar-refractivity contribution in [3.05, 3.63) is 58.1 Å². The molecule has 2 aromatic rings. The van der Waals surface area contributed by atoms with Crippen molar-refractivity contribution in [1.29, 1.82) is 0 Å². The Morgan fingerprint density at radius 2 is 1.61 bits per heavy atom. The minimum absolute atomic E-state index is 0.134. The van der Waals surface area contributed by atoms with Crippen LogP contribution >= 0.6 is 23.2 Å². The number of carbonyl (C=O) groups excluding carboxylic acids is 2. The third-order valence-electron chi connectivity index (χ3n) is 4.92. The second kappa shape index (κ2) is 12.1. The fraction of sp³-hybridized carbons (Fsp3) is 0.440. The second-order valence-electron chi connectivity index (χ2n) is 8.76. The van der Waals surface area contributed by atoms with Crippen molar-refractivity contribution in [2.75, 3.05) is 13.7 Å². The molecule has 1 unspecified atom stereocenters. The Hall–Kier alpha value is -2.44. The summed E-state index contributed by atoms with van der Waals surface area (Å²) in [5.41, 5.74) is 0.188. The van der Waals surface area contributed by atoms with E-state index < -0.39 is 11.6 Å². The molecule has 33 heavy (non-hydrogen) atoms. The number of hydrogen-bond acceptors (Lipinski definition) is 4. The Morgan fingerprint density at radius 1 is 1.03 bits per heavy atom. The second-order valence-corrected chi connectivity index (χ2v) is 9.58. The van der Waals surface area contributed by atoms with Gasteiger partial charge in [-0.3, -0.25) is 9.59 Å². The van der Waals surface area contributed by atoms with Crippen LogP contribution in [0.2, 0.25) is 10.0 Å². The zero-order valence-electron chi connectivity index (χ0n) is 19.8. The molecular formula is C25H32Cl2N2O4. The molecule has 0 fully saturated rings. The van der Waals surface area contributed by atoms with Crippen molar-refractivity contribution >= 4 is 35.0 Å². The van der Waals surface area contributed by atoms with Gasteiger partial charge in [-0.05, 0) is 70.5 Å². The van der Waals surface area contributed by atoms with Crippen LogP contribution in [0.5, 0.6) is 11.5 Å². The van der Waals surface area contributed by atoms with Crippen LogP contribution in [-0.4, -0.2) is 42.0 Å². The van der Waals surface area contributed by atoms with Gasteiger partial charge in [0, 0.05) is 34.1 Å². The Kier molecular flexibility index (Phi) is 9.87. The molecule has 2 amide bonds. The highest BCUT2D eigenvalue weighted by atomic mass is 35.5. The topological polar surface area (TPSA) is 67.9 Å². The maximum Gasteiger partial charge on any atom is 0.242 e. The first-order chi connectivity index (χ1) is 15.5. The summed E-state index contributed by atoms with van der Waals surface area (Å²) in [6, 6.07) is 11.7. The number of hydrogen-bond donors (Lipinski definition) is 1. The molecule has 0 heterocycles.